The first-order valence-corrected chi connectivity index (χ1v) is 7.92. The van der Waals surface area contributed by atoms with Crippen molar-refractivity contribution in [1.29, 1.82) is 0 Å². The second kappa shape index (κ2) is 8.14. The number of hydrogen-bond acceptors (Lipinski definition) is 1. The van der Waals surface area contributed by atoms with Crippen LogP contribution in [0.1, 0.15) is 24.5 Å². The molecule has 23 heavy (non-hydrogen) atoms. The Balaban J connectivity index is 2.63. The standard InChI is InChI=1S/C21H23NO/c1-4-16-22(3)21(23)20(18-14-10-7-11-15-18)19(5-2)17-12-8-6-9-13-17/h5-15H,2,4,16H2,1,3H3/b20-19+. The zero-order chi connectivity index (χ0) is 16.7. The second-order valence-electron chi connectivity index (χ2n) is 5.45. The highest BCUT2D eigenvalue weighted by Crippen LogP contribution is 2.28. The molecule has 0 aliphatic carbocycles. The van der Waals surface area contributed by atoms with Gasteiger partial charge in [-0.2, -0.15) is 0 Å². The van der Waals surface area contributed by atoms with Crippen molar-refractivity contribution in [2.24, 2.45) is 0 Å². The van der Waals surface area contributed by atoms with E-state index in [0.29, 0.717) is 5.57 Å². The Morgan fingerprint density at radius 1 is 1.00 bits per heavy atom. The van der Waals surface area contributed by atoms with Crippen molar-refractivity contribution in [3.05, 3.63) is 84.4 Å². The lowest BCUT2D eigenvalue weighted by molar-refractivity contribution is -0.123. The topological polar surface area (TPSA) is 20.3 Å². The smallest absolute Gasteiger partial charge is 0.254 e. The van der Waals surface area contributed by atoms with Gasteiger partial charge < -0.3 is 4.90 Å². The number of allylic oxidation sites excluding steroid dienone is 2. The fraction of sp³-hybridized carbons (Fsp3) is 0.190. The SMILES string of the molecule is C=C/C(=C(\C(=O)N(C)CCC)c1ccccc1)c1ccccc1. The van der Waals surface area contributed by atoms with E-state index in [1.807, 2.05) is 67.7 Å². The fourth-order valence-corrected chi connectivity index (χ4v) is 2.61. The Hall–Kier alpha value is -2.61. The Kier molecular flexibility index (Phi) is 5.93. The van der Waals surface area contributed by atoms with Gasteiger partial charge in [0.05, 0.1) is 5.57 Å². The highest BCUT2D eigenvalue weighted by atomic mass is 16.2. The Morgan fingerprint density at radius 3 is 2.00 bits per heavy atom. The number of benzene rings is 2. The zero-order valence-corrected chi connectivity index (χ0v) is 13.8. The molecule has 0 N–H and O–H groups in total. The first-order valence-electron chi connectivity index (χ1n) is 7.92. The Bertz CT molecular complexity index is 686. The molecule has 0 bridgehead atoms. The van der Waals surface area contributed by atoms with Gasteiger partial charge in [0.1, 0.15) is 0 Å². The lowest BCUT2D eigenvalue weighted by atomic mass is 9.93. The first kappa shape index (κ1) is 16.8. The molecule has 2 aromatic carbocycles. The predicted molar refractivity (Wildman–Crippen MR) is 97.8 cm³/mol. The Morgan fingerprint density at radius 2 is 1.52 bits per heavy atom. The number of amides is 1. The van der Waals surface area contributed by atoms with Crippen LogP contribution < -0.4 is 0 Å². The third-order valence-electron chi connectivity index (χ3n) is 3.74. The molecule has 2 nitrogen and oxygen atoms in total. The highest BCUT2D eigenvalue weighted by Gasteiger charge is 2.20. The second-order valence-corrected chi connectivity index (χ2v) is 5.45. The summed E-state index contributed by atoms with van der Waals surface area (Å²) in [7, 11) is 1.85. The molecular formula is C21H23NO. The van der Waals surface area contributed by atoms with E-state index in [1.165, 1.54) is 0 Å². The summed E-state index contributed by atoms with van der Waals surface area (Å²) in [5.41, 5.74) is 3.48. The number of carbonyl (C=O) groups excluding carboxylic acids is 1. The van der Waals surface area contributed by atoms with E-state index in [9.17, 15) is 4.79 Å². The minimum Gasteiger partial charge on any atom is -0.342 e. The predicted octanol–water partition coefficient (Wildman–Crippen LogP) is 4.65. The van der Waals surface area contributed by atoms with E-state index >= 15 is 0 Å². The maximum atomic E-state index is 13.0. The number of nitrogens with zero attached hydrogens (tertiary/aromatic N) is 1. The van der Waals surface area contributed by atoms with Crippen molar-refractivity contribution < 1.29 is 4.79 Å². The van der Waals surface area contributed by atoms with E-state index < -0.39 is 0 Å². The van der Waals surface area contributed by atoms with Gasteiger partial charge in [0.15, 0.2) is 0 Å². The molecule has 0 saturated carbocycles. The summed E-state index contributed by atoms with van der Waals surface area (Å²) in [6, 6.07) is 19.7. The van der Waals surface area contributed by atoms with Crippen LogP contribution in [0.3, 0.4) is 0 Å². The lowest BCUT2D eigenvalue weighted by Crippen LogP contribution is -2.28. The van der Waals surface area contributed by atoms with Gasteiger partial charge in [-0.05, 0) is 23.1 Å². The van der Waals surface area contributed by atoms with Crippen molar-refractivity contribution in [2.45, 2.75) is 13.3 Å². The zero-order valence-electron chi connectivity index (χ0n) is 13.8. The van der Waals surface area contributed by atoms with Crippen LogP contribution in [-0.2, 0) is 4.79 Å². The molecule has 0 aliphatic heterocycles. The van der Waals surface area contributed by atoms with Crippen LogP contribution in [0.25, 0.3) is 11.1 Å². The largest absolute Gasteiger partial charge is 0.342 e. The number of carbonyl (C=O) groups is 1. The molecule has 118 valence electrons. The summed E-state index contributed by atoms with van der Waals surface area (Å²) < 4.78 is 0. The molecule has 2 aromatic rings. The third-order valence-corrected chi connectivity index (χ3v) is 3.74. The molecule has 2 rings (SSSR count). The monoisotopic (exact) mass is 305 g/mol. The Labute approximate surface area is 138 Å². The van der Waals surface area contributed by atoms with Crippen LogP contribution in [0.15, 0.2) is 73.3 Å². The summed E-state index contributed by atoms with van der Waals surface area (Å²) in [5.74, 6) is 0.0248. The molecule has 0 fully saturated rings. The molecule has 0 unspecified atom stereocenters. The summed E-state index contributed by atoms with van der Waals surface area (Å²) in [5, 5.41) is 0. The minimum atomic E-state index is 0.0248. The molecule has 0 heterocycles. The third kappa shape index (κ3) is 3.98. The molecule has 0 radical (unpaired) electrons. The molecule has 0 saturated heterocycles. The quantitative estimate of drug-likeness (QED) is 0.432. The average Bonchev–Trinajstić information content (AvgIpc) is 2.60. The van der Waals surface area contributed by atoms with Gasteiger partial charge in [-0.25, -0.2) is 0 Å². The summed E-state index contributed by atoms with van der Waals surface area (Å²) in [6.07, 6.45) is 2.70. The van der Waals surface area contributed by atoms with Crippen LogP contribution in [0.2, 0.25) is 0 Å². The van der Waals surface area contributed by atoms with Crippen LogP contribution >= 0.6 is 0 Å². The van der Waals surface area contributed by atoms with E-state index in [-0.39, 0.29) is 5.91 Å². The van der Waals surface area contributed by atoms with Gasteiger partial charge >= 0.3 is 0 Å². The normalized spacial score (nSPS) is 11.6. The van der Waals surface area contributed by atoms with Crippen molar-refractivity contribution in [3.8, 4) is 0 Å². The van der Waals surface area contributed by atoms with Gasteiger partial charge in [-0.1, -0.05) is 80.2 Å². The summed E-state index contributed by atoms with van der Waals surface area (Å²) >= 11 is 0. The average molecular weight is 305 g/mol. The first-order chi connectivity index (χ1) is 11.2. The number of rotatable bonds is 6. The van der Waals surface area contributed by atoms with Crippen molar-refractivity contribution in [1.82, 2.24) is 4.90 Å². The fourth-order valence-electron chi connectivity index (χ4n) is 2.61. The van der Waals surface area contributed by atoms with Gasteiger partial charge in [0.2, 0.25) is 0 Å². The number of likely N-dealkylation sites (N-methyl/N-ethyl adjacent to an activating group) is 1. The summed E-state index contributed by atoms with van der Waals surface area (Å²) in [6.45, 7) is 6.74. The molecule has 2 heteroatoms. The van der Waals surface area contributed by atoms with E-state index in [2.05, 4.69) is 13.5 Å². The van der Waals surface area contributed by atoms with Crippen molar-refractivity contribution in [2.75, 3.05) is 13.6 Å². The van der Waals surface area contributed by atoms with Gasteiger partial charge in [-0.3, -0.25) is 4.79 Å². The molecule has 0 atom stereocenters. The molecule has 0 aliphatic rings. The minimum absolute atomic E-state index is 0.0248. The van der Waals surface area contributed by atoms with E-state index in [1.54, 1.807) is 11.0 Å². The van der Waals surface area contributed by atoms with E-state index in [4.69, 9.17) is 0 Å². The van der Waals surface area contributed by atoms with E-state index in [0.717, 1.165) is 29.7 Å². The van der Waals surface area contributed by atoms with Gasteiger partial charge in [-0.15, -0.1) is 0 Å². The van der Waals surface area contributed by atoms with Crippen LogP contribution in [0.4, 0.5) is 0 Å². The van der Waals surface area contributed by atoms with Crippen LogP contribution in [0.5, 0.6) is 0 Å². The lowest BCUT2D eigenvalue weighted by Gasteiger charge is -2.21. The van der Waals surface area contributed by atoms with Crippen molar-refractivity contribution >= 4 is 17.1 Å². The summed E-state index contributed by atoms with van der Waals surface area (Å²) in [4.78, 5) is 14.8. The number of hydrogen-bond donors (Lipinski definition) is 0. The maximum Gasteiger partial charge on any atom is 0.254 e. The van der Waals surface area contributed by atoms with Crippen molar-refractivity contribution in [3.63, 3.8) is 0 Å². The van der Waals surface area contributed by atoms with Crippen LogP contribution in [0, 0.1) is 0 Å². The van der Waals surface area contributed by atoms with Gasteiger partial charge in [0.25, 0.3) is 5.91 Å². The molecule has 1 amide bonds. The maximum absolute atomic E-state index is 13.0. The van der Waals surface area contributed by atoms with Crippen LogP contribution in [-0.4, -0.2) is 24.4 Å². The molecule has 0 spiro atoms. The molecular weight excluding hydrogens is 282 g/mol. The van der Waals surface area contributed by atoms with Gasteiger partial charge in [0, 0.05) is 13.6 Å². The highest BCUT2D eigenvalue weighted by molar-refractivity contribution is 6.28. The molecule has 0 aromatic heterocycles.